The molecule has 78 heavy (non-hydrogen) atoms. The molecule has 446 valence electrons. The lowest BCUT2D eigenvalue weighted by Crippen LogP contribution is -2.66. The standard InChI is InChI=1S/C55H88O23/c1-24(2)18-26(71-25(3)58)19-54(8)34-13-16-53(7)28-10-11-33-51(4,5)35(14-15-52(33,6)27(28)12-17-55(34,53)50(67)78-54)74-49-45(36(61)29(59)22-70-49)77-47-39(64)38(63)43(32(21-57)73-47)76-46-40(65)42(30(60)23-69-46)75-48-41(66)44(68-9)37(62)31(20-56)72-48/h10,24,26-27,29-49,56-57,59-66H,11-23H2,1-9H3/t26-,27-,29+,30+,31-,32-,33-,34+,35-,36+,37+,38+,39+,40+,41+,42+,43-,44-,45+,46+,47+,48+,49-,52-,53+,54+,55-/m1/s1. The Labute approximate surface area is 455 Å². The predicted molar refractivity (Wildman–Crippen MR) is 267 cm³/mol. The molecule has 0 bridgehead atoms. The first kappa shape index (κ1) is 60.5. The summed E-state index contributed by atoms with van der Waals surface area (Å²) in [6.45, 7) is 14.3. The summed E-state index contributed by atoms with van der Waals surface area (Å²) in [7, 11) is 1.22. The van der Waals surface area contributed by atoms with E-state index in [2.05, 4.69) is 47.6 Å². The second-order valence-corrected chi connectivity index (χ2v) is 25.6. The van der Waals surface area contributed by atoms with Gasteiger partial charge in [-0.1, -0.05) is 53.2 Å². The fourth-order valence-corrected chi connectivity index (χ4v) is 16.4. The van der Waals surface area contributed by atoms with Crippen molar-refractivity contribution in [3.8, 4) is 0 Å². The van der Waals surface area contributed by atoms with Crippen LogP contribution < -0.4 is 0 Å². The van der Waals surface area contributed by atoms with Crippen LogP contribution in [0.1, 0.15) is 113 Å². The van der Waals surface area contributed by atoms with Crippen molar-refractivity contribution in [2.75, 3.05) is 33.5 Å². The number of carbonyl (C=O) groups is 2. The molecule has 9 rings (SSSR count). The summed E-state index contributed by atoms with van der Waals surface area (Å²) in [4.78, 5) is 26.8. The monoisotopic (exact) mass is 1120 g/mol. The third-order valence-corrected chi connectivity index (χ3v) is 20.3. The average Bonchev–Trinajstić information content (AvgIpc) is 3.79. The Bertz CT molecular complexity index is 2150. The summed E-state index contributed by atoms with van der Waals surface area (Å²) in [5.74, 6) is 0.0521. The van der Waals surface area contributed by atoms with Gasteiger partial charge in [0.1, 0.15) is 97.2 Å². The van der Waals surface area contributed by atoms with E-state index in [0.29, 0.717) is 25.7 Å². The smallest absolute Gasteiger partial charge is 0.313 e. The van der Waals surface area contributed by atoms with Crippen LogP contribution >= 0.6 is 0 Å². The lowest BCUT2D eigenvalue weighted by atomic mass is 9.41. The highest BCUT2D eigenvalue weighted by molar-refractivity contribution is 5.83. The van der Waals surface area contributed by atoms with Crippen LogP contribution in [0.15, 0.2) is 11.6 Å². The number of fused-ring (bicyclic) bond motifs is 4. The summed E-state index contributed by atoms with van der Waals surface area (Å²) < 4.78 is 65.3. The number of carbonyl (C=O) groups excluding carboxylic acids is 2. The van der Waals surface area contributed by atoms with Crippen LogP contribution in [-0.4, -0.2) is 225 Å². The lowest BCUT2D eigenvalue weighted by molar-refractivity contribution is -0.385. The maximum absolute atomic E-state index is 14.6. The molecule has 0 unspecified atom stereocenters. The van der Waals surface area contributed by atoms with Gasteiger partial charge in [0.25, 0.3) is 0 Å². The molecule has 27 atom stereocenters. The molecule has 5 saturated heterocycles. The number of rotatable bonds is 16. The molecule has 8 fully saturated rings. The van der Waals surface area contributed by atoms with E-state index in [-0.39, 0.29) is 53.7 Å². The molecule has 23 nitrogen and oxygen atoms in total. The molecular weight excluding hydrogens is 1030 g/mol. The molecule has 0 radical (unpaired) electrons. The molecule has 23 heteroatoms. The predicted octanol–water partition coefficient (Wildman–Crippen LogP) is -0.155. The fraction of sp³-hybridized carbons (Fsp3) is 0.927. The summed E-state index contributed by atoms with van der Waals surface area (Å²) in [6, 6.07) is 0. The Balaban J connectivity index is 0.868. The van der Waals surface area contributed by atoms with Crippen LogP contribution in [0.3, 0.4) is 0 Å². The quantitative estimate of drug-likeness (QED) is 0.0709. The minimum absolute atomic E-state index is 0.0335. The molecule has 0 aromatic heterocycles. The Morgan fingerprint density at radius 3 is 1.97 bits per heavy atom. The van der Waals surface area contributed by atoms with Gasteiger partial charge in [0, 0.05) is 31.8 Å². The van der Waals surface area contributed by atoms with Crippen molar-refractivity contribution in [3.05, 3.63) is 11.6 Å². The Morgan fingerprint density at radius 1 is 0.679 bits per heavy atom. The van der Waals surface area contributed by atoms with Crippen LogP contribution in [0, 0.1) is 45.3 Å². The number of aliphatic hydroxyl groups excluding tert-OH is 10. The molecule has 5 aliphatic heterocycles. The number of ether oxygens (including phenoxy) is 11. The Kier molecular flexibility index (Phi) is 17.7. The van der Waals surface area contributed by atoms with E-state index in [4.69, 9.17) is 52.1 Å². The average molecular weight is 1120 g/mol. The van der Waals surface area contributed by atoms with Crippen LogP contribution in [0.25, 0.3) is 0 Å². The second kappa shape index (κ2) is 22.8. The number of esters is 2. The minimum Gasteiger partial charge on any atom is -0.462 e. The molecule has 0 aromatic rings. The minimum atomic E-state index is -1.94. The van der Waals surface area contributed by atoms with Crippen LogP contribution in [0.2, 0.25) is 0 Å². The topological polar surface area (TPSA) is 338 Å². The number of aliphatic hydroxyl groups is 10. The molecule has 0 amide bonds. The lowest BCUT2D eigenvalue weighted by Gasteiger charge is -2.64. The van der Waals surface area contributed by atoms with E-state index in [1.807, 2.05) is 6.92 Å². The van der Waals surface area contributed by atoms with E-state index >= 15 is 0 Å². The first-order chi connectivity index (χ1) is 36.7. The van der Waals surface area contributed by atoms with Gasteiger partial charge < -0.3 is 103 Å². The summed E-state index contributed by atoms with van der Waals surface area (Å²) in [5, 5.41) is 109. The molecule has 3 saturated carbocycles. The zero-order chi connectivity index (χ0) is 56.8. The first-order valence-corrected chi connectivity index (χ1v) is 28.2. The maximum Gasteiger partial charge on any atom is 0.313 e. The van der Waals surface area contributed by atoms with Gasteiger partial charge in [-0.2, -0.15) is 0 Å². The third-order valence-electron chi connectivity index (χ3n) is 20.3. The maximum atomic E-state index is 14.6. The first-order valence-electron chi connectivity index (χ1n) is 28.2. The van der Waals surface area contributed by atoms with Gasteiger partial charge in [0.15, 0.2) is 25.2 Å². The normalized spacial score (nSPS) is 50.4. The Hall–Kier alpha value is -2.08. The molecule has 0 aromatic carbocycles. The highest BCUT2D eigenvalue weighted by Crippen LogP contribution is 2.76. The van der Waals surface area contributed by atoms with Crippen molar-refractivity contribution in [3.63, 3.8) is 0 Å². The second-order valence-electron chi connectivity index (χ2n) is 25.6. The molecular formula is C55H88O23. The van der Waals surface area contributed by atoms with Gasteiger partial charge in [-0.3, -0.25) is 9.59 Å². The van der Waals surface area contributed by atoms with Crippen molar-refractivity contribution in [1.82, 2.24) is 0 Å². The van der Waals surface area contributed by atoms with Gasteiger partial charge in [-0.25, -0.2) is 0 Å². The Morgan fingerprint density at radius 2 is 1.31 bits per heavy atom. The zero-order valence-corrected chi connectivity index (χ0v) is 46.4. The van der Waals surface area contributed by atoms with Gasteiger partial charge in [-0.05, 0) is 86.9 Å². The van der Waals surface area contributed by atoms with Crippen LogP contribution in [0.5, 0.6) is 0 Å². The van der Waals surface area contributed by atoms with E-state index < -0.39 is 158 Å². The SMILES string of the molecule is CO[C@H]1[C@H](O)[C@H](O[C@@H]2[C@H](O)[C@H](O[C@H]3[C@@H](O)[C@H](O)[C@H](O[C@@H]4[C@@H](O[C@@H]5CC[C@]6(C)[C@@H]7CC[C@]89C(=O)O[C@@](C)(C[C@@H](CC(C)C)OC(C)=O)[C@@H]8CC[C@@]9(C)C7=CC[C@@H]6C5(C)C)OC[C@H](O)[C@@H]4O)O[C@@H]3CO)OC[C@@H]2O)O[C@H](CO)[C@@H]1O. The summed E-state index contributed by atoms with van der Waals surface area (Å²) in [5.41, 5.74) is -1.26. The van der Waals surface area contributed by atoms with Crippen molar-refractivity contribution in [1.29, 1.82) is 0 Å². The van der Waals surface area contributed by atoms with Crippen molar-refractivity contribution in [2.24, 2.45) is 45.3 Å². The summed E-state index contributed by atoms with van der Waals surface area (Å²) in [6.07, 6.45) is -20.5. The van der Waals surface area contributed by atoms with E-state index in [1.54, 1.807) is 0 Å². The van der Waals surface area contributed by atoms with E-state index in [1.165, 1.54) is 19.6 Å². The van der Waals surface area contributed by atoms with Crippen LogP contribution in [0.4, 0.5) is 0 Å². The highest BCUT2D eigenvalue weighted by Gasteiger charge is 2.76. The number of allylic oxidation sites excluding steroid dienone is 2. The van der Waals surface area contributed by atoms with Crippen molar-refractivity contribution >= 4 is 11.9 Å². The molecule has 4 aliphatic carbocycles. The number of cyclic esters (lactones) is 1. The third kappa shape index (κ3) is 10.2. The van der Waals surface area contributed by atoms with Crippen molar-refractivity contribution < 1.29 is 113 Å². The molecule has 5 heterocycles. The van der Waals surface area contributed by atoms with Gasteiger partial charge in [0.2, 0.25) is 0 Å². The van der Waals surface area contributed by atoms with Gasteiger partial charge in [-0.15, -0.1) is 0 Å². The van der Waals surface area contributed by atoms with Gasteiger partial charge >= 0.3 is 11.9 Å². The molecule has 1 spiro atoms. The number of methoxy groups -OCH3 is 1. The zero-order valence-electron chi connectivity index (χ0n) is 46.4. The van der Waals surface area contributed by atoms with E-state index in [0.717, 1.165) is 32.1 Å². The largest absolute Gasteiger partial charge is 0.462 e. The van der Waals surface area contributed by atoms with E-state index in [9.17, 15) is 60.7 Å². The number of hydrogen-bond acceptors (Lipinski definition) is 23. The fourth-order valence-electron chi connectivity index (χ4n) is 16.4. The van der Waals surface area contributed by atoms with Gasteiger partial charge in [0.05, 0.1) is 37.9 Å². The molecule has 9 aliphatic rings. The van der Waals surface area contributed by atoms with Crippen molar-refractivity contribution in [2.45, 2.75) is 242 Å². The summed E-state index contributed by atoms with van der Waals surface area (Å²) >= 11 is 0. The number of hydrogen-bond donors (Lipinski definition) is 10. The highest BCUT2D eigenvalue weighted by atomic mass is 16.8. The van der Waals surface area contributed by atoms with Crippen LogP contribution in [-0.2, 0) is 61.7 Å². The molecule has 10 N–H and O–H groups in total.